The molecule has 0 aliphatic heterocycles. The normalized spacial score (nSPS) is 11.6. The number of hydrogen-bond acceptors (Lipinski definition) is 10. The molecule has 3 aromatic rings. The number of nitrogens with zero attached hydrogens (tertiary/aromatic N) is 4. The van der Waals surface area contributed by atoms with Crippen LogP contribution in [0.15, 0.2) is 42.5 Å². The lowest BCUT2D eigenvalue weighted by Gasteiger charge is -2.16. The summed E-state index contributed by atoms with van der Waals surface area (Å²) in [6.45, 7) is 1.72. The number of aromatic nitrogens is 3. The first-order valence-corrected chi connectivity index (χ1v) is 10.2. The molecule has 0 aliphatic rings. The van der Waals surface area contributed by atoms with Crippen molar-refractivity contribution in [3.05, 3.63) is 75.1 Å². The van der Waals surface area contributed by atoms with Gasteiger partial charge in [0.25, 0.3) is 5.69 Å². The Morgan fingerprint density at radius 2 is 1.88 bits per heavy atom. The molecule has 0 saturated heterocycles. The number of methoxy groups -OCH3 is 2. The summed E-state index contributed by atoms with van der Waals surface area (Å²) in [5, 5.41) is 30.8. The van der Waals surface area contributed by atoms with Crippen LogP contribution in [0.1, 0.15) is 40.3 Å². The average Bonchev–Trinajstić information content (AvgIpc) is 3.26. The van der Waals surface area contributed by atoms with Gasteiger partial charge in [0, 0.05) is 7.11 Å². The zero-order valence-electron chi connectivity index (χ0n) is 18.8. The summed E-state index contributed by atoms with van der Waals surface area (Å²) < 4.78 is 21.6. The number of aliphatic hydroxyl groups is 1. The molecule has 12 nitrogen and oxygen atoms in total. The Hall–Kier alpha value is -4.03. The number of carbonyl (C=O) groups excluding carboxylic acids is 1. The molecule has 1 N–H and O–H groups in total. The van der Waals surface area contributed by atoms with E-state index in [1.54, 1.807) is 38.3 Å². The highest BCUT2D eigenvalue weighted by atomic mass is 16.7. The van der Waals surface area contributed by atoms with Crippen molar-refractivity contribution in [1.82, 2.24) is 15.0 Å². The van der Waals surface area contributed by atoms with Gasteiger partial charge in [-0.05, 0) is 36.8 Å². The molecule has 2 aromatic carbocycles. The van der Waals surface area contributed by atoms with E-state index in [2.05, 4.69) is 10.3 Å². The van der Waals surface area contributed by atoms with Crippen molar-refractivity contribution in [2.75, 3.05) is 27.6 Å². The van der Waals surface area contributed by atoms with Crippen LogP contribution >= 0.6 is 0 Å². The van der Waals surface area contributed by atoms with E-state index in [-0.39, 0.29) is 42.6 Å². The van der Waals surface area contributed by atoms with Crippen LogP contribution in [0.2, 0.25) is 0 Å². The van der Waals surface area contributed by atoms with E-state index in [0.717, 1.165) is 5.56 Å². The molecular weight excluding hydrogens is 448 g/mol. The van der Waals surface area contributed by atoms with Crippen LogP contribution in [0.3, 0.4) is 0 Å². The molecule has 0 aliphatic carbocycles. The topological polar surface area (TPSA) is 148 Å². The smallest absolute Gasteiger partial charge is 0.360 e. The Balaban J connectivity index is 2.05. The van der Waals surface area contributed by atoms with Gasteiger partial charge < -0.3 is 24.1 Å². The lowest BCUT2D eigenvalue weighted by atomic mass is 10.0. The zero-order valence-corrected chi connectivity index (χ0v) is 18.8. The third-order valence-electron chi connectivity index (χ3n) is 4.83. The zero-order chi connectivity index (χ0) is 24.7. The Labute approximate surface area is 194 Å². The van der Waals surface area contributed by atoms with Gasteiger partial charge in [-0.2, -0.15) is 0 Å². The predicted octanol–water partition coefficient (Wildman–Crippen LogP) is 2.48. The Morgan fingerprint density at radius 1 is 1.18 bits per heavy atom. The molecule has 1 heterocycles. The minimum absolute atomic E-state index is 0.0390. The molecule has 0 fully saturated rings. The molecule has 12 heteroatoms. The van der Waals surface area contributed by atoms with Crippen LogP contribution in [-0.4, -0.2) is 58.6 Å². The van der Waals surface area contributed by atoms with E-state index in [4.69, 9.17) is 18.9 Å². The molecule has 180 valence electrons. The standard InChI is InChI=1S/C22H24N4O8/c1-4-33-22(28)19-20(25(24-23-19)12-14-5-7-15(32-3)8-6-14)21(27)17-10-9-16(34-13-31-2)11-18(17)26(29)30/h5-11,21,27H,4,12-13H2,1-3H3. The number of carbonyl (C=O) groups is 1. The number of benzene rings is 2. The molecule has 0 radical (unpaired) electrons. The first-order valence-electron chi connectivity index (χ1n) is 10.2. The van der Waals surface area contributed by atoms with Gasteiger partial charge in [-0.3, -0.25) is 10.1 Å². The lowest BCUT2D eigenvalue weighted by molar-refractivity contribution is -0.386. The molecule has 1 aromatic heterocycles. The third kappa shape index (κ3) is 5.47. The van der Waals surface area contributed by atoms with Crippen LogP contribution in [-0.2, 0) is 16.0 Å². The molecule has 1 unspecified atom stereocenters. The van der Waals surface area contributed by atoms with Gasteiger partial charge in [0.2, 0.25) is 0 Å². The van der Waals surface area contributed by atoms with Gasteiger partial charge in [-0.1, -0.05) is 17.3 Å². The Bertz CT molecular complexity index is 1150. The van der Waals surface area contributed by atoms with Crippen LogP contribution < -0.4 is 9.47 Å². The van der Waals surface area contributed by atoms with Gasteiger partial charge in [-0.15, -0.1) is 5.10 Å². The van der Waals surface area contributed by atoms with Gasteiger partial charge in [0.15, 0.2) is 12.5 Å². The fourth-order valence-electron chi connectivity index (χ4n) is 3.23. The van der Waals surface area contributed by atoms with Crippen molar-refractivity contribution in [3.8, 4) is 11.5 Å². The minimum Gasteiger partial charge on any atom is -0.497 e. The predicted molar refractivity (Wildman–Crippen MR) is 118 cm³/mol. The number of rotatable bonds is 11. The van der Waals surface area contributed by atoms with Crippen molar-refractivity contribution in [2.24, 2.45) is 0 Å². The summed E-state index contributed by atoms with van der Waals surface area (Å²) in [6, 6.07) is 11.0. The van der Waals surface area contributed by atoms with Crippen LogP contribution in [0, 0.1) is 10.1 Å². The number of ether oxygens (including phenoxy) is 4. The van der Waals surface area contributed by atoms with Gasteiger partial charge in [-0.25, -0.2) is 9.48 Å². The maximum Gasteiger partial charge on any atom is 0.360 e. The molecule has 0 bridgehead atoms. The summed E-state index contributed by atoms with van der Waals surface area (Å²) in [5.41, 5.74) is 0.0128. The molecule has 0 amide bonds. The summed E-state index contributed by atoms with van der Waals surface area (Å²) >= 11 is 0. The third-order valence-corrected chi connectivity index (χ3v) is 4.83. The van der Waals surface area contributed by atoms with Crippen LogP contribution in [0.5, 0.6) is 11.5 Å². The Kier molecular flexibility index (Phi) is 8.11. The highest BCUT2D eigenvalue weighted by Gasteiger charge is 2.32. The van der Waals surface area contributed by atoms with Crippen molar-refractivity contribution < 1.29 is 33.8 Å². The number of nitro benzene ring substituents is 1. The molecule has 0 saturated carbocycles. The second-order valence-electron chi connectivity index (χ2n) is 6.98. The van der Waals surface area contributed by atoms with E-state index in [1.165, 1.54) is 30.0 Å². The number of hydrogen-bond donors (Lipinski definition) is 1. The van der Waals surface area contributed by atoms with E-state index in [9.17, 15) is 20.0 Å². The molecule has 3 rings (SSSR count). The van der Waals surface area contributed by atoms with Crippen molar-refractivity contribution in [3.63, 3.8) is 0 Å². The second kappa shape index (κ2) is 11.2. The minimum atomic E-state index is -1.61. The lowest BCUT2D eigenvalue weighted by Crippen LogP contribution is -2.17. The highest BCUT2D eigenvalue weighted by Crippen LogP contribution is 2.34. The first-order chi connectivity index (χ1) is 16.4. The van der Waals surface area contributed by atoms with Crippen molar-refractivity contribution in [1.29, 1.82) is 0 Å². The van der Waals surface area contributed by atoms with E-state index < -0.39 is 22.7 Å². The average molecular weight is 472 g/mol. The van der Waals surface area contributed by atoms with Crippen molar-refractivity contribution >= 4 is 11.7 Å². The van der Waals surface area contributed by atoms with E-state index >= 15 is 0 Å². The summed E-state index contributed by atoms with van der Waals surface area (Å²) in [6.07, 6.45) is -1.61. The molecule has 0 spiro atoms. The quantitative estimate of drug-likeness (QED) is 0.191. The SMILES string of the molecule is CCOC(=O)c1nnn(Cc2ccc(OC)cc2)c1C(O)c1ccc(OCOC)cc1[N+](=O)[O-]. The number of nitro groups is 1. The van der Waals surface area contributed by atoms with E-state index in [0.29, 0.717) is 5.75 Å². The number of aliphatic hydroxyl groups excluding tert-OH is 1. The van der Waals surface area contributed by atoms with E-state index in [1.807, 2.05) is 0 Å². The maximum absolute atomic E-state index is 12.5. The van der Waals surface area contributed by atoms with Gasteiger partial charge >= 0.3 is 5.97 Å². The van der Waals surface area contributed by atoms with Gasteiger partial charge in [0.05, 0.1) is 36.8 Å². The maximum atomic E-state index is 12.5. The second-order valence-corrected chi connectivity index (χ2v) is 6.98. The van der Waals surface area contributed by atoms with Crippen LogP contribution in [0.25, 0.3) is 0 Å². The molecule has 34 heavy (non-hydrogen) atoms. The summed E-state index contributed by atoms with van der Waals surface area (Å²) in [4.78, 5) is 23.6. The largest absolute Gasteiger partial charge is 0.497 e. The fraction of sp³-hybridized carbons (Fsp3) is 0.318. The van der Waals surface area contributed by atoms with Crippen LogP contribution in [0.4, 0.5) is 5.69 Å². The Morgan fingerprint density at radius 3 is 2.50 bits per heavy atom. The van der Waals surface area contributed by atoms with Gasteiger partial charge in [0.1, 0.15) is 23.3 Å². The first kappa shape index (κ1) is 24.6. The van der Waals surface area contributed by atoms with Crippen molar-refractivity contribution in [2.45, 2.75) is 19.6 Å². The monoisotopic (exact) mass is 472 g/mol. The fourth-order valence-corrected chi connectivity index (χ4v) is 3.23. The highest BCUT2D eigenvalue weighted by molar-refractivity contribution is 5.88. The molecule has 1 atom stereocenters. The summed E-state index contributed by atoms with van der Waals surface area (Å²) in [5.74, 6) is 0.0291. The molecular formula is C22H24N4O8. The summed E-state index contributed by atoms with van der Waals surface area (Å²) in [7, 11) is 2.96. The number of esters is 1.